The van der Waals surface area contributed by atoms with Crippen molar-refractivity contribution in [2.75, 3.05) is 33.4 Å². The minimum absolute atomic E-state index is 0. The summed E-state index contributed by atoms with van der Waals surface area (Å²) in [5.74, 6) is 0.452. The van der Waals surface area contributed by atoms with Crippen LogP contribution in [-0.4, -0.2) is 39.3 Å². The van der Waals surface area contributed by atoms with Crippen molar-refractivity contribution in [2.45, 2.75) is 33.1 Å². The van der Waals surface area contributed by atoms with Gasteiger partial charge in [-0.3, -0.25) is 4.79 Å². The maximum absolute atomic E-state index is 12.0. The maximum atomic E-state index is 12.0. The van der Waals surface area contributed by atoms with Gasteiger partial charge in [0.2, 0.25) is 5.91 Å². The summed E-state index contributed by atoms with van der Waals surface area (Å²) in [6, 6.07) is 0. The Morgan fingerprint density at radius 2 is 1.95 bits per heavy atom. The summed E-state index contributed by atoms with van der Waals surface area (Å²) >= 11 is 0. The van der Waals surface area contributed by atoms with Gasteiger partial charge < -0.3 is 15.4 Å². The lowest BCUT2D eigenvalue weighted by molar-refractivity contribution is -0.123. The fourth-order valence-electron chi connectivity index (χ4n) is 2.95. The molecule has 1 atom stereocenters. The molecule has 2 aliphatic rings. The van der Waals surface area contributed by atoms with Crippen LogP contribution in [0.15, 0.2) is 0 Å². The smallest absolute Gasteiger partial charge is 0.223 e. The van der Waals surface area contributed by atoms with Crippen molar-refractivity contribution in [3.63, 3.8) is 0 Å². The zero-order valence-electron chi connectivity index (χ0n) is 12.3. The first-order valence-corrected chi connectivity index (χ1v) is 6.97. The van der Waals surface area contributed by atoms with Crippen molar-refractivity contribution in [3.8, 4) is 0 Å². The molecule has 19 heavy (non-hydrogen) atoms. The van der Waals surface area contributed by atoms with Crippen molar-refractivity contribution in [1.29, 1.82) is 0 Å². The number of hydrogen-bond acceptors (Lipinski definition) is 3. The molecule has 0 radical (unpaired) electrons. The first-order chi connectivity index (χ1) is 8.49. The van der Waals surface area contributed by atoms with Crippen LogP contribution in [0.5, 0.6) is 0 Å². The van der Waals surface area contributed by atoms with Crippen molar-refractivity contribution in [1.82, 2.24) is 10.6 Å². The summed E-state index contributed by atoms with van der Waals surface area (Å²) < 4.78 is 5.35. The molecule has 112 valence electrons. The first kappa shape index (κ1) is 16.7. The topological polar surface area (TPSA) is 50.4 Å². The standard InChI is InChI=1S/C14H26N2O2.ClH/c1-13(2)8-11(13)12(17)16-9-14(10-18-3)4-6-15-7-5-14;/h11,15H,4-10H2,1-3H3,(H,16,17);1H. The van der Waals surface area contributed by atoms with E-state index >= 15 is 0 Å². The fourth-order valence-corrected chi connectivity index (χ4v) is 2.95. The molecule has 2 fully saturated rings. The molecule has 1 saturated heterocycles. The van der Waals surface area contributed by atoms with Crippen LogP contribution in [0.4, 0.5) is 0 Å². The summed E-state index contributed by atoms with van der Waals surface area (Å²) in [7, 11) is 1.75. The maximum Gasteiger partial charge on any atom is 0.223 e. The van der Waals surface area contributed by atoms with E-state index in [-0.39, 0.29) is 35.1 Å². The van der Waals surface area contributed by atoms with Gasteiger partial charge in [0, 0.05) is 25.0 Å². The second kappa shape index (κ2) is 6.42. The summed E-state index contributed by atoms with van der Waals surface area (Å²) in [6.45, 7) is 7.86. The highest BCUT2D eigenvalue weighted by Gasteiger charge is 2.50. The van der Waals surface area contributed by atoms with E-state index in [9.17, 15) is 4.79 Å². The number of methoxy groups -OCH3 is 1. The zero-order valence-corrected chi connectivity index (χ0v) is 13.1. The second-order valence-corrected chi connectivity index (χ2v) is 6.65. The van der Waals surface area contributed by atoms with Crippen molar-refractivity contribution in [3.05, 3.63) is 0 Å². The number of rotatable bonds is 5. The molecule has 0 spiro atoms. The molecule has 2 rings (SSSR count). The van der Waals surface area contributed by atoms with Gasteiger partial charge in [0.15, 0.2) is 0 Å². The van der Waals surface area contributed by atoms with Crippen LogP contribution in [0.25, 0.3) is 0 Å². The molecule has 0 bridgehead atoms. The van der Waals surface area contributed by atoms with Crippen LogP contribution >= 0.6 is 12.4 Å². The van der Waals surface area contributed by atoms with Gasteiger partial charge in [0.05, 0.1) is 6.61 Å². The summed E-state index contributed by atoms with van der Waals surface area (Å²) in [5, 5.41) is 6.51. The summed E-state index contributed by atoms with van der Waals surface area (Å²) in [5.41, 5.74) is 0.349. The molecule has 4 nitrogen and oxygen atoms in total. The molecule has 5 heteroatoms. The number of nitrogens with one attached hydrogen (secondary N) is 2. The molecular formula is C14H27ClN2O2. The molecular weight excluding hydrogens is 264 g/mol. The van der Waals surface area contributed by atoms with Gasteiger partial charge in [-0.05, 0) is 37.8 Å². The van der Waals surface area contributed by atoms with E-state index in [1.165, 1.54) is 0 Å². The number of carbonyl (C=O) groups excluding carboxylic acids is 1. The van der Waals surface area contributed by atoms with E-state index in [0.717, 1.165) is 45.5 Å². The lowest BCUT2D eigenvalue weighted by atomic mass is 9.79. The van der Waals surface area contributed by atoms with Crippen LogP contribution in [0.2, 0.25) is 0 Å². The molecule has 2 N–H and O–H groups in total. The van der Waals surface area contributed by atoms with Gasteiger partial charge in [0.25, 0.3) is 0 Å². The predicted molar refractivity (Wildman–Crippen MR) is 78.6 cm³/mol. The average molecular weight is 291 g/mol. The highest BCUT2D eigenvalue weighted by atomic mass is 35.5. The first-order valence-electron chi connectivity index (χ1n) is 6.97. The quantitative estimate of drug-likeness (QED) is 0.808. The van der Waals surface area contributed by atoms with Gasteiger partial charge in [-0.2, -0.15) is 0 Å². The predicted octanol–water partition coefficient (Wildman–Crippen LogP) is 1.59. The van der Waals surface area contributed by atoms with Crippen LogP contribution in [0, 0.1) is 16.7 Å². The molecule has 1 amide bonds. The number of ether oxygens (including phenoxy) is 1. The van der Waals surface area contributed by atoms with Gasteiger partial charge in [-0.15, -0.1) is 12.4 Å². The van der Waals surface area contributed by atoms with Crippen LogP contribution in [-0.2, 0) is 9.53 Å². The molecule has 0 aromatic carbocycles. The van der Waals surface area contributed by atoms with E-state index in [0.29, 0.717) is 0 Å². The molecule has 1 heterocycles. The molecule has 1 aliphatic heterocycles. The summed E-state index contributed by atoms with van der Waals surface area (Å²) in [6.07, 6.45) is 3.18. The van der Waals surface area contributed by atoms with E-state index in [1.54, 1.807) is 7.11 Å². The SMILES string of the molecule is COCC1(CNC(=O)C2CC2(C)C)CCNCC1.Cl. The van der Waals surface area contributed by atoms with Crippen LogP contribution in [0.3, 0.4) is 0 Å². The third-order valence-electron chi connectivity index (χ3n) is 4.58. The van der Waals surface area contributed by atoms with E-state index in [4.69, 9.17) is 4.74 Å². The van der Waals surface area contributed by atoms with E-state index < -0.39 is 0 Å². The van der Waals surface area contributed by atoms with Gasteiger partial charge in [-0.25, -0.2) is 0 Å². The number of carbonyl (C=O) groups is 1. The second-order valence-electron chi connectivity index (χ2n) is 6.65. The Labute approximate surface area is 122 Å². The Balaban J connectivity index is 0.00000180. The number of amides is 1. The lowest BCUT2D eigenvalue weighted by Gasteiger charge is -2.37. The monoisotopic (exact) mass is 290 g/mol. The van der Waals surface area contributed by atoms with Crippen LogP contribution < -0.4 is 10.6 Å². The summed E-state index contributed by atoms with van der Waals surface area (Å²) in [4.78, 5) is 12.0. The Hall–Kier alpha value is -0.320. The van der Waals surface area contributed by atoms with Crippen molar-refractivity contribution >= 4 is 18.3 Å². The van der Waals surface area contributed by atoms with Crippen molar-refractivity contribution < 1.29 is 9.53 Å². The molecule has 0 aromatic rings. The Kier molecular flexibility index (Phi) is 5.65. The average Bonchev–Trinajstić information content (AvgIpc) is 2.97. The van der Waals surface area contributed by atoms with E-state index in [2.05, 4.69) is 24.5 Å². The molecule has 1 unspecified atom stereocenters. The minimum Gasteiger partial charge on any atom is -0.384 e. The minimum atomic E-state index is 0. The Bertz CT molecular complexity index is 309. The number of hydrogen-bond donors (Lipinski definition) is 2. The van der Waals surface area contributed by atoms with Crippen LogP contribution in [0.1, 0.15) is 33.1 Å². The normalized spacial score (nSPS) is 27.2. The Morgan fingerprint density at radius 3 is 2.42 bits per heavy atom. The Morgan fingerprint density at radius 1 is 1.37 bits per heavy atom. The molecule has 1 aliphatic carbocycles. The molecule has 1 saturated carbocycles. The third kappa shape index (κ3) is 4.07. The van der Waals surface area contributed by atoms with Gasteiger partial charge in [-0.1, -0.05) is 13.8 Å². The van der Waals surface area contributed by atoms with E-state index in [1.807, 2.05) is 0 Å². The molecule has 0 aromatic heterocycles. The highest BCUT2D eigenvalue weighted by molar-refractivity contribution is 5.85. The third-order valence-corrected chi connectivity index (χ3v) is 4.58. The van der Waals surface area contributed by atoms with Gasteiger partial charge in [0.1, 0.15) is 0 Å². The zero-order chi connectivity index (χ0) is 13.2. The lowest BCUT2D eigenvalue weighted by Crippen LogP contribution is -2.47. The fraction of sp³-hybridized carbons (Fsp3) is 0.929. The van der Waals surface area contributed by atoms with Crippen molar-refractivity contribution in [2.24, 2.45) is 16.7 Å². The van der Waals surface area contributed by atoms with Gasteiger partial charge >= 0.3 is 0 Å². The largest absolute Gasteiger partial charge is 0.384 e. The highest BCUT2D eigenvalue weighted by Crippen LogP contribution is 2.51. The number of piperidine rings is 1. The number of halogens is 1.